The normalized spacial score (nSPS) is 20.4. The van der Waals surface area contributed by atoms with Gasteiger partial charge in [0.15, 0.2) is 5.17 Å². The number of amidine groups is 1. The average Bonchev–Trinajstić information content (AvgIpc) is 2.28. The fourth-order valence-corrected chi connectivity index (χ4v) is 2.53. The highest BCUT2D eigenvalue weighted by Gasteiger charge is 2.12. The molecule has 2 rings (SSSR count). The van der Waals surface area contributed by atoms with Gasteiger partial charge in [-0.3, -0.25) is 4.99 Å². The smallest absolute Gasteiger partial charge is 0.161 e. The molecule has 0 aromatic heterocycles. The van der Waals surface area contributed by atoms with Crippen LogP contribution in [0.2, 0.25) is 0 Å². The molecule has 16 heavy (non-hydrogen) atoms. The van der Waals surface area contributed by atoms with Gasteiger partial charge in [-0.2, -0.15) is 0 Å². The third-order valence-corrected chi connectivity index (χ3v) is 4.14. The van der Waals surface area contributed by atoms with Gasteiger partial charge in [-0.15, -0.1) is 0 Å². The first-order valence-electron chi connectivity index (χ1n) is 5.67. The van der Waals surface area contributed by atoms with Gasteiger partial charge in [-0.05, 0) is 37.0 Å². The van der Waals surface area contributed by atoms with Crippen LogP contribution in [0.25, 0.3) is 0 Å². The summed E-state index contributed by atoms with van der Waals surface area (Å²) in [6.07, 6.45) is 0. The molecule has 1 aliphatic heterocycles. The number of thioether (sulfide) groups is 1. The molecule has 1 unspecified atom stereocenters. The van der Waals surface area contributed by atoms with E-state index in [1.54, 1.807) is 0 Å². The Morgan fingerprint density at radius 1 is 1.38 bits per heavy atom. The van der Waals surface area contributed by atoms with Crippen molar-refractivity contribution < 1.29 is 0 Å². The fraction of sp³-hybridized carbons (Fsp3) is 0.462. The highest BCUT2D eigenvalue weighted by Crippen LogP contribution is 2.22. The number of aryl methyl sites for hydroxylation is 1. The van der Waals surface area contributed by atoms with Gasteiger partial charge in [0.25, 0.3) is 0 Å². The summed E-state index contributed by atoms with van der Waals surface area (Å²) in [7, 11) is 0. The molecule has 1 atom stereocenters. The predicted molar refractivity (Wildman–Crippen MR) is 73.5 cm³/mol. The van der Waals surface area contributed by atoms with E-state index >= 15 is 0 Å². The van der Waals surface area contributed by atoms with E-state index in [1.807, 2.05) is 11.8 Å². The molecule has 0 spiro atoms. The number of nitrogens with zero attached hydrogens (tertiary/aromatic N) is 1. The Morgan fingerprint density at radius 3 is 2.88 bits per heavy atom. The van der Waals surface area contributed by atoms with Crippen LogP contribution in [0.15, 0.2) is 23.2 Å². The molecule has 1 aromatic rings. The summed E-state index contributed by atoms with van der Waals surface area (Å²) >= 11 is 1.82. The summed E-state index contributed by atoms with van der Waals surface area (Å²) in [6, 6.07) is 6.34. The summed E-state index contributed by atoms with van der Waals surface area (Å²) in [4.78, 5) is 4.55. The standard InChI is InChI=1S/C13H18N2S/c1-9-7-14-13(16-8-9)15-12-6-4-5-10(2)11(12)3/h4-6,9H,7-8H2,1-3H3,(H,14,15). The van der Waals surface area contributed by atoms with Gasteiger partial charge in [-0.25, -0.2) is 0 Å². The molecule has 0 bridgehead atoms. The van der Waals surface area contributed by atoms with Crippen molar-refractivity contribution in [1.82, 2.24) is 0 Å². The van der Waals surface area contributed by atoms with Crippen LogP contribution in [-0.2, 0) is 0 Å². The number of aliphatic imine (C=N–C) groups is 1. The van der Waals surface area contributed by atoms with Crippen molar-refractivity contribution in [3.63, 3.8) is 0 Å². The van der Waals surface area contributed by atoms with Crippen LogP contribution in [0.5, 0.6) is 0 Å². The first-order valence-corrected chi connectivity index (χ1v) is 6.66. The van der Waals surface area contributed by atoms with E-state index in [4.69, 9.17) is 0 Å². The van der Waals surface area contributed by atoms with Crippen molar-refractivity contribution in [1.29, 1.82) is 0 Å². The lowest BCUT2D eigenvalue weighted by atomic mass is 10.1. The molecule has 2 nitrogen and oxygen atoms in total. The molecule has 0 fully saturated rings. The van der Waals surface area contributed by atoms with Crippen molar-refractivity contribution in [2.75, 3.05) is 17.6 Å². The molecule has 86 valence electrons. The predicted octanol–water partition coefficient (Wildman–Crippen LogP) is 3.45. The number of hydrogen-bond acceptors (Lipinski definition) is 3. The monoisotopic (exact) mass is 234 g/mol. The Kier molecular flexibility index (Phi) is 3.54. The minimum Gasteiger partial charge on any atom is -0.335 e. The molecule has 0 amide bonds. The lowest BCUT2D eigenvalue weighted by molar-refractivity contribution is 0.674. The Balaban J connectivity index is 2.12. The van der Waals surface area contributed by atoms with Gasteiger partial charge >= 0.3 is 0 Å². The molecule has 0 saturated heterocycles. The van der Waals surface area contributed by atoms with Crippen molar-refractivity contribution in [2.24, 2.45) is 10.9 Å². The molecule has 0 saturated carbocycles. The van der Waals surface area contributed by atoms with E-state index in [2.05, 4.69) is 49.3 Å². The Bertz CT molecular complexity index is 412. The van der Waals surface area contributed by atoms with Crippen molar-refractivity contribution in [2.45, 2.75) is 20.8 Å². The summed E-state index contributed by atoms with van der Waals surface area (Å²) in [5.41, 5.74) is 3.81. The fourth-order valence-electron chi connectivity index (χ4n) is 1.64. The van der Waals surface area contributed by atoms with E-state index in [-0.39, 0.29) is 0 Å². The van der Waals surface area contributed by atoms with Crippen LogP contribution >= 0.6 is 11.8 Å². The first-order chi connectivity index (χ1) is 7.66. The van der Waals surface area contributed by atoms with Crippen LogP contribution in [0.4, 0.5) is 5.69 Å². The highest BCUT2D eigenvalue weighted by atomic mass is 32.2. The topological polar surface area (TPSA) is 24.4 Å². The summed E-state index contributed by atoms with van der Waals surface area (Å²) < 4.78 is 0. The van der Waals surface area contributed by atoms with Gasteiger partial charge < -0.3 is 5.32 Å². The molecule has 1 aromatic carbocycles. The van der Waals surface area contributed by atoms with Crippen molar-refractivity contribution in [3.05, 3.63) is 29.3 Å². The second-order valence-electron chi connectivity index (χ2n) is 4.43. The van der Waals surface area contributed by atoms with Crippen LogP contribution in [0, 0.1) is 19.8 Å². The molecular weight excluding hydrogens is 216 g/mol. The van der Waals surface area contributed by atoms with Crippen LogP contribution < -0.4 is 5.32 Å². The van der Waals surface area contributed by atoms with E-state index in [9.17, 15) is 0 Å². The maximum Gasteiger partial charge on any atom is 0.161 e. The lowest BCUT2D eigenvalue weighted by Crippen LogP contribution is -2.19. The van der Waals surface area contributed by atoms with E-state index in [0.717, 1.165) is 17.5 Å². The quantitative estimate of drug-likeness (QED) is 0.805. The summed E-state index contributed by atoms with van der Waals surface area (Å²) in [6.45, 7) is 7.47. The minimum absolute atomic E-state index is 0.703. The van der Waals surface area contributed by atoms with Gasteiger partial charge in [0.05, 0.1) is 0 Å². The number of benzene rings is 1. The third-order valence-electron chi connectivity index (χ3n) is 2.90. The second-order valence-corrected chi connectivity index (χ2v) is 5.44. The van der Waals surface area contributed by atoms with Gasteiger partial charge in [-0.1, -0.05) is 30.8 Å². The van der Waals surface area contributed by atoms with Crippen molar-refractivity contribution in [3.8, 4) is 0 Å². The molecule has 1 aliphatic rings. The number of anilines is 1. The third kappa shape index (κ3) is 2.59. The zero-order valence-corrected chi connectivity index (χ0v) is 10.9. The van der Waals surface area contributed by atoms with Gasteiger partial charge in [0.2, 0.25) is 0 Å². The van der Waals surface area contributed by atoms with Gasteiger partial charge in [0.1, 0.15) is 0 Å². The zero-order chi connectivity index (χ0) is 11.5. The summed E-state index contributed by atoms with van der Waals surface area (Å²) in [5.74, 6) is 1.87. The molecule has 1 heterocycles. The van der Waals surface area contributed by atoms with E-state index < -0.39 is 0 Å². The maximum absolute atomic E-state index is 4.55. The second kappa shape index (κ2) is 4.91. The number of nitrogens with one attached hydrogen (secondary N) is 1. The van der Waals surface area contributed by atoms with E-state index in [1.165, 1.54) is 16.8 Å². The first kappa shape index (κ1) is 11.5. The summed E-state index contributed by atoms with van der Waals surface area (Å²) in [5, 5.41) is 4.49. The Labute approximate surface area is 102 Å². The molecule has 0 radical (unpaired) electrons. The molecule has 1 N–H and O–H groups in total. The van der Waals surface area contributed by atoms with Crippen LogP contribution in [0.3, 0.4) is 0 Å². The molecule has 3 heteroatoms. The van der Waals surface area contributed by atoms with E-state index in [0.29, 0.717) is 5.92 Å². The van der Waals surface area contributed by atoms with Crippen molar-refractivity contribution >= 4 is 22.6 Å². The average molecular weight is 234 g/mol. The largest absolute Gasteiger partial charge is 0.335 e. The number of rotatable bonds is 1. The number of hydrogen-bond donors (Lipinski definition) is 1. The molecular formula is C13H18N2S. The Hall–Kier alpha value is -0.960. The van der Waals surface area contributed by atoms with Gasteiger partial charge in [0, 0.05) is 18.0 Å². The lowest BCUT2D eigenvalue weighted by Gasteiger charge is -2.19. The highest BCUT2D eigenvalue weighted by molar-refractivity contribution is 8.14. The zero-order valence-electron chi connectivity index (χ0n) is 10.1. The van der Waals surface area contributed by atoms with Crippen LogP contribution in [0.1, 0.15) is 18.1 Å². The maximum atomic E-state index is 4.55. The Morgan fingerprint density at radius 2 is 2.19 bits per heavy atom. The van der Waals surface area contributed by atoms with Crippen LogP contribution in [-0.4, -0.2) is 17.5 Å². The molecule has 0 aliphatic carbocycles. The SMILES string of the molecule is Cc1cccc(NC2=NCC(C)CS2)c1C. The minimum atomic E-state index is 0.703.